The van der Waals surface area contributed by atoms with Crippen molar-refractivity contribution in [3.8, 4) is 5.75 Å². The molecule has 1 amide bonds. The normalized spacial score (nSPS) is 11.4. The molecule has 154 valence electrons. The first-order valence-electron chi connectivity index (χ1n) is 9.33. The fraction of sp³-hybridized carbons (Fsp3) is 0.130. The van der Waals surface area contributed by atoms with Crippen LogP contribution in [0.4, 0.5) is 11.4 Å². The number of hydrogen-bond donors (Lipinski definition) is 2. The van der Waals surface area contributed by atoms with E-state index in [0.29, 0.717) is 28.6 Å². The number of carbonyl (C=O) groups is 2. The van der Waals surface area contributed by atoms with Gasteiger partial charge in [0.25, 0.3) is 5.91 Å². The van der Waals surface area contributed by atoms with Gasteiger partial charge in [-0.05, 0) is 37.3 Å². The second-order valence-electron chi connectivity index (χ2n) is 6.35. The Bertz CT molecular complexity index is 1040. The zero-order chi connectivity index (χ0) is 21.5. The van der Waals surface area contributed by atoms with Gasteiger partial charge in [-0.15, -0.1) is 0 Å². The Morgan fingerprint density at radius 2 is 1.73 bits per heavy atom. The molecule has 0 aromatic heterocycles. The maximum absolute atomic E-state index is 13.1. The summed E-state index contributed by atoms with van der Waals surface area (Å²) in [6.45, 7) is 2.30. The Balaban J connectivity index is 1.88. The van der Waals surface area contributed by atoms with E-state index in [1.807, 2.05) is 13.0 Å². The van der Waals surface area contributed by atoms with Gasteiger partial charge < -0.3 is 20.5 Å². The van der Waals surface area contributed by atoms with E-state index in [-0.39, 0.29) is 11.3 Å². The van der Waals surface area contributed by atoms with Crippen LogP contribution in [0.1, 0.15) is 28.9 Å². The van der Waals surface area contributed by atoms with Crippen LogP contribution in [0.25, 0.3) is 0 Å². The van der Waals surface area contributed by atoms with E-state index in [0.717, 1.165) is 0 Å². The van der Waals surface area contributed by atoms with Crippen LogP contribution >= 0.6 is 11.6 Å². The SMILES string of the molecule is CCOc1ccccc1NC(=O)C(OC(=O)c1ccc(Cl)cc1N)c1ccccc1. The molecule has 3 rings (SSSR count). The number of nitrogens with one attached hydrogen (secondary N) is 1. The van der Waals surface area contributed by atoms with Crippen LogP contribution in [0.15, 0.2) is 72.8 Å². The van der Waals surface area contributed by atoms with Gasteiger partial charge in [-0.25, -0.2) is 4.79 Å². The molecule has 0 heterocycles. The molecule has 0 saturated carbocycles. The van der Waals surface area contributed by atoms with Crippen molar-refractivity contribution in [2.24, 2.45) is 0 Å². The third-order valence-electron chi connectivity index (χ3n) is 4.24. The van der Waals surface area contributed by atoms with Crippen molar-refractivity contribution in [1.29, 1.82) is 0 Å². The van der Waals surface area contributed by atoms with Crippen LogP contribution in [-0.2, 0) is 9.53 Å². The van der Waals surface area contributed by atoms with E-state index in [2.05, 4.69) is 5.32 Å². The molecule has 1 unspecified atom stereocenters. The summed E-state index contributed by atoms with van der Waals surface area (Å²) in [6, 6.07) is 20.2. The number of ether oxygens (including phenoxy) is 2. The minimum absolute atomic E-state index is 0.128. The standard InChI is InChI=1S/C23H21ClN2O4/c1-2-29-20-11-7-6-10-19(20)26-22(27)21(15-8-4-3-5-9-15)30-23(28)17-13-12-16(24)14-18(17)25/h3-14,21H,2,25H2,1H3,(H,26,27). The number of benzene rings is 3. The van der Waals surface area contributed by atoms with Gasteiger partial charge in [-0.2, -0.15) is 0 Å². The van der Waals surface area contributed by atoms with Gasteiger partial charge in [-0.1, -0.05) is 54.1 Å². The molecule has 0 aliphatic heterocycles. The van der Waals surface area contributed by atoms with Gasteiger partial charge in [0, 0.05) is 16.3 Å². The van der Waals surface area contributed by atoms with Crippen molar-refractivity contribution in [3.05, 3.63) is 88.9 Å². The monoisotopic (exact) mass is 424 g/mol. The Hall–Kier alpha value is -3.51. The highest BCUT2D eigenvalue weighted by molar-refractivity contribution is 6.31. The summed E-state index contributed by atoms with van der Waals surface area (Å²) in [7, 11) is 0. The second kappa shape index (κ2) is 9.80. The number of para-hydroxylation sites is 2. The van der Waals surface area contributed by atoms with Crippen molar-refractivity contribution >= 4 is 34.9 Å². The molecule has 0 bridgehead atoms. The molecule has 6 nitrogen and oxygen atoms in total. The minimum Gasteiger partial charge on any atom is -0.492 e. The van der Waals surface area contributed by atoms with Crippen molar-refractivity contribution in [3.63, 3.8) is 0 Å². The molecule has 0 fully saturated rings. The zero-order valence-corrected chi connectivity index (χ0v) is 17.1. The average Bonchev–Trinajstić information content (AvgIpc) is 2.74. The Labute approximate surface area is 179 Å². The molecule has 0 radical (unpaired) electrons. The van der Waals surface area contributed by atoms with Gasteiger partial charge in [0.1, 0.15) is 5.75 Å². The van der Waals surface area contributed by atoms with Crippen LogP contribution < -0.4 is 15.8 Å². The number of hydrogen-bond acceptors (Lipinski definition) is 5. The Kier molecular flexibility index (Phi) is 6.93. The molecular weight excluding hydrogens is 404 g/mol. The van der Waals surface area contributed by atoms with Crippen molar-refractivity contribution in [2.75, 3.05) is 17.7 Å². The van der Waals surface area contributed by atoms with E-state index in [1.54, 1.807) is 48.5 Å². The molecule has 3 aromatic rings. The number of nitrogens with two attached hydrogens (primary N) is 1. The van der Waals surface area contributed by atoms with Gasteiger partial charge in [0.2, 0.25) is 6.10 Å². The topological polar surface area (TPSA) is 90.6 Å². The molecule has 30 heavy (non-hydrogen) atoms. The lowest BCUT2D eigenvalue weighted by atomic mass is 10.1. The molecular formula is C23H21ClN2O4. The number of halogens is 1. The van der Waals surface area contributed by atoms with E-state index < -0.39 is 18.0 Å². The summed E-state index contributed by atoms with van der Waals surface area (Å²) in [5, 5.41) is 3.18. The van der Waals surface area contributed by atoms with E-state index >= 15 is 0 Å². The quantitative estimate of drug-likeness (QED) is 0.417. The van der Waals surface area contributed by atoms with Crippen LogP contribution in [0.5, 0.6) is 5.75 Å². The molecule has 0 aliphatic rings. The number of rotatable bonds is 7. The number of carbonyl (C=O) groups excluding carboxylic acids is 2. The zero-order valence-electron chi connectivity index (χ0n) is 16.3. The summed E-state index contributed by atoms with van der Waals surface area (Å²) in [4.78, 5) is 25.8. The van der Waals surface area contributed by atoms with Gasteiger partial charge >= 0.3 is 5.97 Å². The molecule has 0 spiro atoms. The lowest BCUT2D eigenvalue weighted by Crippen LogP contribution is -2.26. The molecule has 1 atom stereocenters. The van der Waals surface area contributed by atoms with Crippen molar-refractivity contribution in [2.45, 2.75) is 13.0 Å². The molecule has 0 saturated heterocycles. The molecule has 0 aliphatic carbocycles. The van der Waals surface area contributed by atoms with E-state index in [4.69, 9.17) is 26.8 Å². The lowest BCUT2D eigenvalue weighted by molar-refractivity contribution is -0.125. The largest absolute Gasteiger partial charge is 0.492 e. The van der Waals surface area contributed by atoms with Crippen LogP contribution in [0.3, 0.4) is 0 Å². The maximum Gasteiger partial charge on any atom is 0.341 e. The fourth-order valence-corrected chi connectivity index (χ4v) is 3.02. The maximum atomic E-state index is 13.1. The number of anilines is 2. The lowest BCUT2D eigenvalue weighted by Gasteiger charge is -2.19. The first-order valence-corrected chi connectivity index (χ1v) is 9.71. The van der Waals surface area contributed by atoms with Gasteiger partial charge in [0.15, 0.2) is 0 Å². The number of amides is 1. The predicted octanol–water partition coefficient (Wildman–Crippen LogP) is 4.86. The third-order valence-corrected chi connectivity index (χ3v) is 4.48. The van der Waals surface area contributed by atoms with Crippen molar-refractivity contribution < 1.29 is 19.1 Å². The molecule has 7 heteroatoms. The van der Waals surface area contributed by atoms with Crippen LogP contribution in [0.2, 0.25) is 5.02 Å². The summed E-state index contributed by atoms with van der Waals surface area (Å²) < 4.78 is 11.1. The smallest absolute Gasteiger partial charge is 0.341 e. The highest BCUT2D eigenvalue weighted by atomic mass is 35.5. The summed E-state index contributed by atoms with van der Waals surface area (Å²) in [5.41, 5.74) is 7.18. The van der Waals surface area contributed by atoms with E-state index in [1.165, 1.54) is 18.2 Å². The van der Waals surface area contributed by atoms with Crippen LogP contribution in [0, 0.1) is 0 Å². The minimum atomic E-state index is -1.19. The number of nitrogen functional groups attached to an aromatic ring is 1. The first-order chi connectivity index (χ1) is 14.5. The number of esters is 1. The molecule has 3 N–H and O–H groups in total. The van der Waals surface area contributed by atoms with Crippen molar-refractivity contribution in [1.82, 2.24) is 0 Å². The Morgan fingerprint density at radius 3 is 2.43 bits per heavy atom. The third kappa shape index (κ3) is 5.10. The predicted molar refractivity (Wildman–Crippen MR) is 117 cm³/mol. The summed E-state index contributed by atoms with van der Waals surface area (Å²) in [6.07, 6.45) is -1.19. The highest BCUT2D eigenvalue weighted by Crippen LogP contribution is 2.28. The Morgan fingerprint density at radius 1 is 1.03 bits per heavy atom. The first kappa shape index (κ1) is 21.2. The van der Waals surface area contributed by atoms with Gasteiger partial charge in [0.05, 0.1) is 17.9 Å². The summed E-state index contributed by atoms with van der Waals surface area (Å²) >= 11 is 5.90. The summed E-state index contributed by atoms with van der Waals surface area (Å²) in [5.74, 6) is -0.728. The van der Waals surface area contributed by atoms with Crippen LogP contribution in [-0.4, -0.2) is 18.5 Å². The average molecular weight is 425 g/mol. The van der Waals surface area contributed by atoms with Gasteiger partial charge in [-0.3, -0.25) is 4.79 Å². The fourth-order valence-electron chi connectivity index (χ4n) is 2.84. The highest BCUT2D eigenvalue weighted by Gasteiger charge is 2.27. The molecule has 3 aromatic carbocycles. The second-order valence-corrected chi connectivity index (χ2v) is 6.78. The van der Waals surface area contributed by atoms with E-state index in [9.17, 15) is 9.59 Å².